The fourth-order valence-electron chi connectivity index (χ4n) is 0.816. The van der Waals surface area contributed by atoms with Crippen molar-refractivity contribution in [3.63, 3.8) is 0 Å². The first-order chi connectivity index (χ1) is 5.86. The molecular weight excluding hydrogens is 156 g/mol. The predicted octanol–water partition coefficient (Wildman–Crippen LogP) is 0.714. The number of hydrogen-bond donors (Lipinski definition) is 1. The van der Waals surface area contributed by atoms with E-state index in [1.165, 1.54) is 6.39 Å². The molecule has 2 heterocycles. The van der Waals surface area contributed by atoms with Crippen LogP contribution in [0, 0.1) is 0 Å². The van der Waals surface area contributed by atoms with E-state index in [1.807, 2.05) is 0 Å². The number of nitrogen functional groups attached to an aromatic ring is 1. The largest absolute Gasteiger partial charge is 0.442 e. The Morgan fingerprint density at radius 2 is 2.17 bits per heavy atom. The Morgan fingerprint density at radius 1 is 1.25 bits per heavy atom. The van der Waals surface area contributed by atoms with Crippen molar-refractivity contribution < 1.29 is 4.42 Å². The molecule has 0 aromatic carbocycles. The summed E-state index contributed by atoms with van der Waals surface area (Å²) in [6, 6.07) is 3.38. The summed E-state index contributed by atoms with van der Waals surface area (Å²) in [4.78, 5) is 3.76. The number of hydrogen-bond acceptors (Lipinski definition) is 5. The second kappa shape index (κ2) is 2.61. The maximum atomic E-state index is 5.36. The normalized spacial score (nSPS) is 10.0. The van der Waals surface area contributed by atoms with Crippen molar-refractivity contribution in [1.82, 2.24) is 15.2 Å². The van der Waals surface area contributed by atoms with Crippen molar-refractivity contribution in [1.29, 1.82) is 0 Å². The van der Waals surface area contributed by atoms with Crippen molar-refractivity contribution in [2.75, 3.05) is 5.73 Å². The van der Waals surface area contributed by atoms with Gasteiger partial charge in [-0.1, -0.05) is 0 Å². The van der Waals surface area contributed by atoms with Crippen LogP contribution in [0.15, 0.2) is 29.1 Å². The minimum atomic E-state index is 0.387. The van der Waals surface area contributed by atoms with Gasteiger partial charge in [0.25, 0.3) is 0 Å². The molecule has 0 aliphatic rings. The van der Waals surface area contributed by atoms with Gasteiger partial charge in [0.1, 0.15) is 11.5 Å². The van der Waals surface area contributed by atoms with E-state index in [0.29, 0.717) is 17.3 Å². The highest BCUT2D eigenvalue weighted by molar-refractivity contribution is 5.50. The highest BCUT2D eigenvalue weighted by atomic mass is 16.3. The summed E-state index contributed by atoms with van der Waals surface area (Å²) >= 11 is 0. The number of rotatable bonds is 1. The van der Waals surface area contributed by atoms with E-state index in [0.717, 1.165) is 0 Å². The average molecular weight is 162 g/mol. The number of anilines is 1. The van der Waals surface area contributed by atoms with Crippen LogP contribution in [0.4, 0.5) is 5.82 Å². The topological polar surface area (TPSA) is 77.8 Å². The lowest BCUT2D eigenvalue weighted by atomic mass is 10.3. The van der Waals surface area contributed by atoms with Gasteiger partial charge in [-0.3, -0.25) is 0 Å². The van der Waals surface area contributed by atoms with E-state index < -0.39 is 0 Å². The molecule has 0 saturated carbocycles. The Balaban J connectivity index is 2.43. The molecule has 0 fully saturated rings. The first-order valence-electron chi connectivity index (χ1n) is 3.34. The van der Waals surface area contributed by atoms with Crippen molar-refractivity contribution in [2.45, 2.75) is 0 Å². The molecule has 12 heavy (non-hydrogen) atoms. The molecule has 2 aromatic heterocycles. The van der Waals surface area contributed by atoms with Gasteiger partial charge in [-0.2, -0.15) is 0 Å². The van der Waals surface area contributed by atoms with Crippen molar-refractivity contribution in [3.05, 3.63) is 24.7 Å². The highest BCUT2D eigenvalue weighted by Gasteiger charge is 2.01. The third kappa shape index (κ3) is 1.12. The molecule has 0 spiro atoms. The zero-order chi connectivity index (χ0) is 8.39. The highest BCUT2D eigenvalue weighted by Crippen LogP contribution is 2.14. The summed E-state index contributed by atoms with van der Waals surface area (Å²) in [5, 5.41) is 7.49. The van der Waals surface area contributed by atoms with Crippen LogP contribution >= 0.6 is 0 Å². The third-order valence-electron chi connectivity index (χ3n) is 1.37. The number of nitrogens with zero attached hydrogens (tertiary/aromatic N) is 3. The first-order valence-corrected chi connectivity index (χ1v) is 3.34. The van der Waals surface area contributed by atoms with E-state index in [-0.39, 0.29) is 0 Å². The molecule has 0 aliphatic carbocycles. The zero-order valence-electron chi connectivity index (χ0n) is 6.14. The molecule has 2 rings (SSSR count). The van der Waals surface area contributed by atoms with Gasteiger partial charge in [0, 0.05) is 0 Å². The fraction of sp³-hybridized carbons (Fsp3) is 0. The van der Waals surface area contributed by atoms with Gasteiger partial charge in [-0.25, -0.2) is 4.98 Å². The van der Waals surface area contributed by atoms with Crippen LogP contribution in [0.5, 0.6) is 0 Å². The summed E-state index contributed by atoms with van der Waals surface area (Å²) in [5.74, 6) is 0.973. The second-order valence-electron chi connectivity index (χ2n) is 2.21. The van der Waals surface area contributed by atoms with Gasteiger partial charge in [0.2, 0.25) is 0 Å². The summed E-state index contributed by atoms with van der Waals surface area (Å²) in [6.45, 7) is 0. The Hall–Kier alpha value is -1.91. The van der Waals surface area contributed by atoms with Crippen LogP contribution in [0.1, 0.15) is 0 Å². The quantitative estimate of drug-likeness (QED) is 0.668. The van der Waals surface area contributed by atoms with E-state index in [1.54, 1.807) is 18.3 Å². The van der Waals surface area contributed by atoms with Crippen LogP contribution in [-0.2, 0) is 0 Å². The van der Waals surface area contributed by atoms with E-state index in [2.05, 4.69) is 15.2 Å². The molecule has 5 nitrogen and oxygen atoms in total. The fourth-order valence-corrected chi connectivity index (χ4v) is 0.816. The monoisotopic (exact) mass is 162 g/mol. The molecule has 0 radical (unpaired) electrons. The molecule has 0 amide bonds. The van der Waals surface area contributed by atoms with Crippen LogP contribution in [0.3, 0.4) is 0 Å². The number of nitrogens with two attached hydrogens (primary N) is 1. The lowest BCUT2D eigenvalue weighted by molar-refractivity contribution is 0.569. The molecule has 5 heteroatoms. The minimum Gasteiger partial charge on any atom is -0.442 e. The van der Waals surface area contributed by atoms with Gasteiger partial charge in [-0.15, -0.1) is 10.2 Å². The van der Waals surface area contributed by atoms with Crippen molar-refractivity contribution in [2.24, 2.45) is 0 Å². The van der Waals surface area contributed by atoms with Crippen LogP contribution in [0.2, 0.25) is 0 Å². The maximum absolute atomic E-state index is 5.36. The Kier molecular flexibility index (Phi) is 1.48. The summed E-state index contributed by atoms with van der Waals surface area (Å²) in [7, 11) is 0. The molecule has 2 aromatic rings. The maximum Gasteiger partial charge on any atom is 0.181 e. The van der Waals surface area contributed by atoms with Crippen LogP contribution in [0.25, 0.3) is 11.5 Å². The Morgan fingerprint density at radius 3 is 2.75 bits per heavy atom. The van der Waals surface area contributed by atoms with Gasteiger partial charge < -0.3 is 10.2 Å². The summed E-state index contributed by atoms with van der Waals surface area (Å²) in [6.07, 6.45) is 2.91. The van der Waals surface area contributed by atoms with E-state index in [4.69, 9.17) is 10.2 Å². The van der Waals surface area contributed by atoms with Gasteiger partial charge in [0.15, 0.2) is 12.2 Å². The van der Waals surface area contributed by atoms with Crippen molar-refractivity contribution in [3.8, 4) is 11.5 Å². The van der Waals surface area contributed by atoms with E-state index in [9.17, 15) is 0 Å². The smallest absolute Gasteiger partial charge is 0.181 e. The molecule has 60 valence electrons. The molecular formula is C7H6N4O. The number of oxazole rings is 1. The molecule has 0 saturated heterocycles. The third-order valence-corrected chi connectivity index (χ3v) is 1.37. The number of aromatic nitrogens is 3. The van der Waals surface area contributed by atoms with Gasteiger partial charge in [-0.05, 0) is 12.1 Å². The second-order valence-corrected chi connectivity index (χ2v) is 2.21. The lowest BCUT2D eigenvalue weighted by Crippen LogP contribution is -1.92. The minimum absolute atomic E-state index is 0.387. The SMILES string of the molecule is Nc1ccc(-c2cnco2)nn1. The molecule has 2 N–H and O–H groups in total. The van der Waals surface area contributed by atoms with Gasteiger partial charge in [0.05, 0.1) is 6.20 Å². The van der Waals surface area contributed by atoms with E-state index >= 15 is 0 Å². The first kappa shape index (κ1) is 6.78. The molecule has 0 aliphatic heterocycles. The zero-order valence-corrected chi connectivity index (χ0v) is 6.14. The average Bonchev–Trinajstić information content (AvgIpc) is 2.58. The molecule has 0 unspecified atom stereocenters. The predicted molar refractivity (Wildman–Crippen MR) is 41.9 cm³/mol. The molecule has 0 atom stereocenters. The Labute approximate surface area is 68.3 Å². The standard InChI is InChI=1S/C7H6N4O/c8-7-2-1-5(10-11-7)6-3-9-4-12-6/h1-4H,(H2,8,11). The Bertz CT molecular complexity index is 353. The van der Waals surface area contributed by atoms with Crippen LogP contribution in [-0.4, -0.2) is 15.2 Å². The lowest BCUT2D eigenvalue weighted by Gasteiger charge is -1.92. The van der Waals surface area contributed by atoms with Crippen LogP contribution < -0.4 is 5.73 Å². The summed E-state index contributed by atoms with van der Waals surface area (Å²) in [5.41, 5.74) is 5.99. The summed E-state index contributed by atoms with van der Waals surface area (Å²) < 4.78 is 5.00. The van der Waals surface area contributed by atoms with Gasteiger partial charge >= 0.3 is 0 Å². The molecule has 0 bridgehead atoms. The van der Waals surface area contributed by atoms with Crippen molar-refractivity contribution >= 4 is 5.82 Å².